The van der Waals surface area contributed by atoms with Gasteiger partial charge < -0.3 is 19.6 Å². The van der Waals surface area contributed by atoms with Crippen LogP contribution in [0.3, 0.4) is 0 Å². The Hall–Kier alpha value is -1.82. The van der Waals surface area contributed by atoms with Gasteiger partial charge in [0, 0.05) is 13.7 Å². The summed E-state index contributed by atoms with van der Waals surface area (Å²) in [5.41, 5.74) is -1.24. The molecule has 2 rings (SSSR count). The Labute approximate surface area is 117 Å². The third kappa shape index (κ3) is 2.85. The highest BCUT2D eigenvalue weighted by molar-refractivity contribution is 6.04. The summed E-state index contributed by atoms with van der Waals surface area (Å²) in [4.78, 5) is 23.3. The summed E-state index contributed by atoms with van der Waals surface area (Å²) >= 11 is 0. The van der Waals surface area contributed by atoms with Gasteiger partial charge in [-0.15, -0.1) is 0 Å². The average Bonchev–Trinajstić information content (AvgIpc) is 3.12. The SMILES string of the molecule is COCCC(NC(=O)C1(C(=O)O)CC1)c1ccc(C)o1. The molecule has 0 radical (unpaired) electrons. The number of ether oxygens (including phenoxy) is 1. The van der Waals surface area contributed by atoms with Crippen LogP contribution in [0, 0.1) is 12.3 Å². The number of carboxylic acids is 1. The Morgan fingerprint density at radius 2 is 2.20 bits per heavy atom. The van der Waals surface area contributed by atoms with Crippen molar-refractivity contribution < 1.29 is 23.8 Å². The number of carbonyl (C=O) groups excluding carboxylic acids is 1. The highest BCUT2D eigenvalue weighted by atomic mass is 16.5. The van der Waals surface area contributed by atoms with Crippen LogP contribution in [0.25, 0.3) is 0 Å². The van der Waals surface area contributed by atoms with Gasteiger partial charge in [0.05, 0.1) is 6.04 Å². The summed E-state index contributed by atoms with van der Waals surface area (Å²) in [5.74, 6) is -0.138. The molecule has 2 N–H and O–H groups in total. The molecule has 0 spiro atoms. The van der Waals surface area contributed by atoms with E-state index in [2.05, 4.69) is 5.32 Å². The fraction of sp³-hybridized carbons (Fsp3) is 0.571. The van der Waals surface area contributed by atoms with Crippen LogP contribution >= 0.6 is 0 Å². The Morgan fingerprint density at radius 1 is 1.50 bits per heavy atom. The van der Waals surface area contributed by atoms with E-state index >= 15 is 0 Å². The molecule has 0 aliphatic heterocycles. The first-order valence-electron chi connectivity index (χ1n) is 6.59. The Balaban J connectivity index is 2.08. The monoisotopic (exact) mass is 281 g/mol. The second kappa shape index (κ2) is 5.66. The summed E-state index contributed by atoms with van der Waals surface area (Å²) in [6.07, 6.45) is 1.32. The molecule has 1 aromatic heterocycles. The smallest absolute Gasteiger partial charge is 0.319 e. The fourth-order valence-corrected chi connectivity index (χ4v) is 2.12. The maximum Gasteiger partial charge on any atom is 0.319 e. The number of carboxylic acid groups (broad SMARTS) is 1. The minimum atomic E-state index is -1.24. The minimum absolute atomic E-state index is 0.368. The molecule has 0 aromatic carbocycles. The van der Waals surface area contributed by atoms with E-state index in [4.69, 9.17) is 14.3 Å². The molecular weight excluding hydrogens is 262 g/mol. The first-order valence-corrected chi connectivity index (χ1v) is 6.59. The van der Waals surface area contributed by atoms with Crippen molar-refractivity contribution in [1.82, 2.24) is 5.32 Å². The molecule has 1 aliphatic carbocycles. The van der Waals surface area contributed by atoms with Crippen molar-refractivity contribution in [1.29, 1.82) is 0 Å². The van der Waals surface area contributed by atoms with Crippen molar-refractivity contribution in [3.63, 3.8) is 0 Å². The molecule has 1 fully saturated rings. The van der Waals surface area contributed by atoms with Crippen LogP contribution in [0.5, 0.6) is 0 Å². The van der Waals surface area contributed by atoms with E-state index in [9.17, 15) is 9.59 Å². The number of furan rings is 1. The van der Waals surface area contributed by atoms with Crippen LogP contribution in [0.2, 0.25) is 0 Å². The summed E-state index contributed by atoms with van der Waals surface area (Å²) in [6, 6.07) is 3.23. The minimum Gasteiger partial charge on any atom is -0.480 e. The first kappa shape index (κ1) is 14.6. The van der Waals surface area contributed by atoms with E-state index in [1.807, 2.05) is 13.0 Å². The normalized spacial score (nSPS) is 17.5. The molecule has 1 aromatic rings. The molecule has 0 saturated heterocycles. The highest BCUT2D eigenvalue weighted by Gasteiger charge is 2.57. The van der Waals surface area contributed by atoms with Crippen LogP contribution in [0.4, 0.5) is 0 Å². The van der Waals surface area contributed by atoms with Gasteiger partial charge in [-0.05, 0) is 38.3 Å². The Kier molecular flexibility index (Phi) is 4.13. The number of aryl methyl sites for hydroxylation is 1. The molecule has 110 valence electrons. The molecular formula is C14H19NO5. The molecule has 6 heteroatoms. The van der Waals surface area contributed by atoms with Gasteiger partial charge in [0.25, 0.3) is 0 Å². The molecule has 20 heavy (non-hydrogen) atoms. The van der Waals surface area contributed by atoms with Crippen LogP contribution < -0.4 is 5.32 Å². The zero-order valence-electron chi connectivity index (χ0n) is 11.6. The zero-order valence-corrected chi connectivity index (χ0v) is 11.6. The molecule has 1 saturated carbocycles. The van der Waals surface area contributed by atoms with Crippen LogP contribution in [0.15, 0.2) is 16.5 Å². The van der Waals surface area contributed by atoms with Gasteiger partial charge >= 0.3 is 5.97 Å². The van der Waals surface area contributed by atoms with Crippen molar-refractivity contribution in [2.24, 2.45) is 5.41 Å². The van der Waals surface area contributed by atoms with Gasteiger partial charge in [-0.3, -0.25) is 9.59 Å². The van der Waals surface area contributed by atoms with Crippen molar-refractivity contribution in [2.75, 3.05) is 13.7 Å². The first-order chi connectivity index (χ1) is 9.49. The largest absolute Gasteiger partial charge is 0.480 e. The van der Waals surface area contributed by atoms with E-state index in [1.165, 1.54) is 0 Å². The van der Waals surface area contributed by atoms with Crippen molar-refractivity contribution in [3.8, 4) is 0 Å². The summed E-state index contributed by atoms with van der Waals surface area (Å²) in [7, 11) is 1.58. The van der Waals surface area contributed by atoms with Gasteiger partial charge in [-0.1, -0.05) is 0 Å². The Bertz CT molecular complexity index is 503. The lowest BCUT2D eigenvalue weighted by atomic mass is 10.0. The van der Waals surface area contributed by atoms with E-state index in [0.717, 1.165) is 5.76 Å². The van der Waals surface area contributed by atoms with Crippen LogP contribution in [-0.4, -0.2) is 30.7 Å². The number of methoxy groups -OCH3 is 1. The van der Waals surface area contributed by atoms with Crippen molar-refractivity contribution in [2.45, 2.75) is 32.2 Å². The summed E-state index contributed by atoms with van der Waals surface area (Å²) in [6.45, 7) is 2.27. The predicted octanol–water partition coefficient (Wildman–Crippen LogP) is 1.65. The fourth-order valence-electron chi connectivity index (χ4n) is 2.12. The topological polar surface area (TPSA) is 88.8 Å². The quantitative estimate of drug-likeness (QED) is 0.742. The van der Waals surface area contributed by atoms with E-state index in [0.29, 0.717) is 31.6 Å². The zero-order chi connectivity index (χ0) is 14.8. The predicted molar refractivity (Wildman–Crippen MR) is 70.1 cm³/mol. The van der Waals surface area contributed by atoms with Gasteiger partial charge in [-0.25, -0.2) is 0 Å². The lowest BCUT2D eigenvalue weighted by Crippen LogP contribution is -2.39. The average molecular weight is 281 g/mol. The summed E-state index contributed by atoms with van der Waals surface area (Å²) in [5, 5.41) is 11.9. The number of hydrogen-bond donors (Lipinski definition) is 2. The maximum absolute atomic E-state index is 12.1. The van der Waals surface area contributed by atoms with Crippen molar-refractivity contribution >= 4 is 11.9 Å². The second-order valence-electron chi connectivity index (χ2n) is 5.14. The standard InChI is InChI=1S/C14H19NO5/c1-9-3-4-11(20-9)10(5-8-19-2)15-12(16)14(6-7-14)13(17)18/h3-4,10H,5-8H2,1-2H3,(H,15,16)(H,17,18). The van der Waals surface area contributed by atoms with E-state index in [-0.39, 0.29) is 6.04 Å². The molecule has 1 heterocycles. The third-order valence-corrected chi connectivity index (χ3v) is 3.61. The molecule has 6 nitrogen and oxygen atoms in total. The molecule has 1 amide bonds. The van der Waals surface area contributed by atoms with Crippen molar-refractivity contribution in [3.05, 3.63) is 23.7 Å². The number of nitrogens with one attached hydrogen (secondary N) is 1. The van der Waals surface area contributed by atoms with Gasteiger partial charge in [0.15, 0.2) is 0 Å². The lowest BCUT2D eigenvalue weighted by molar-refractivity contribution is -0.149. The number of rotatable bonds is 7. The summed E-state index contributed by atoms with van der Waals surface area (Å²) < 4.78 is 10.5. The highest BCUT2D eigenvalue weighted by Crippen LogP contribution is 2.46. The van der Waals surface area contributed by atoms with Crippen LogP contribution in [-0.2, 0) is 14.3 Å². The lowest BCUT2D eigenvalue weighted by Gasteiger charge is -2.19. The molecule has 1 atom stereocenters. The number of aliphatic carboxylic acids is 1. The van der Waals surface area contributed by atoms with Crippen LogP contribution in [0.1, 0.15) is 36.8 Å². The van der Waals surface area contributed by atoms with E-state index < -0.39 is 17.3 Å². The van der Waals surface area contributed by atoms with Gasteiger partial charge in [-0.2, -0.15) is 0 Å². The number of amides is 1. The maximum atomic E-state index is 12.1. The Morgan fingerprint density at radius 3 is 2.65 bits per heavy atom. The van der Waals surface area contributed by atoms with E-state index in [1.54, 1.807) is 13.2 Å². The molecule has 1 aliphatic rings. The number of carbonyl (C=O) groups is 2. The molecule has 1 unspecified atom stereocenters. The molecule has 0 bridgehead atoms. The van der Waals surface area contributed by atoms with Gasteiger partial charge in [0.1, 0.15) is 16.9 Å². The third-order valence-electron chi connectivity index (χ3n) is 3.61. The second-order valence-corrected chi connectivity index (χ2v) is 5.14. The van der Waals surface area contributed by atoms with Gasteiger partial charge in [0.2, 0.25) is 5.91 Å². The number of hydrogen-bond acceptors (Lipinski definition) is 4.